The van der Waals surface area contributed by atoms with E-state index in [9.17, 15) is 8.42 Å². The summed E-state index contributed by atoms with van der Waals surface area (Å²) in [5.74, 6) is 0.965. The molecule has 0 saturated carbocycles. The Labute approximate surface area is 179 Å². The van der Waals surface area contributed by atoms with Gasteiger partial charge in [-0.25, -0.2) is 8.42 Å². The summed E-state index contributed by atoms with van der Waals surface area (Å²) in [6, 6.07) is 14.0. The van der Waals surface area contributed by atoms with Crippen LogP contribution in [-0.2, 0) is 10.0 Å². The minimum Gasteiger partial charge on any atom is -0.496 e. The summed E-state index contributed by atoms with van der Waals surface area (Å²) < 4.78 is 32.6. The summed E-state index contributed by atoms with van der Waals surface area (Å²) in [6.07, 6.45) is 1.43. The van der Waals surface area contributed by atoms with Gasteiger partial charge in [-0.05, 0) is 49.2 Å². The molecule has 2 aromatic carbocycles. The van der Waals surface area contributed by atoms with Gasteiger partial charge in [0.05, 0.1) is 17.6 Å². The Bertz CT molecular complexity index is 1090. The molecule has 0 bridgehead atoms. The monoisotopic (exact) mass is 449 g/mol. The lowest BCUT2D eigenvalue weighted by molar-refractivity contribution is 0.318. The van der Waals surface area contributed by atoms with Crippen LogP contribution >= 0.6 is 22.9 Å². The highest BCUT2D eigenvalue weighted by Gasteiger charge is 2.31. The predicted octanol–water partition coefficient (Wildman–Crippen LogP) is 4.44. The van der Waals surface area contributed by atoms with Gasteiger partial charge in [-0.2, -0.15) is 4.31 Å². The molecule has 1 aliphatic rings. The van der Waals surface area contributed by atoms with Crippen molar-refractivity contribution in [2.75, 3.05) is 20.2 Å². The summed E-state index contributed by atoms with van der Waals surface area (Å²) in [5.41, 5.74) is 0.918. The van der Waals surface area contributed by atoms with Crippen LogP contribution in [0.5, 0.6) is 5.75 Å². The lowest BCUT2D eigenvalue weighted by Crippen LogP contribution is -2.37. The van der Waals surface area contributed by atoms with E-state index >= 15 is 0 Å². The van der Waals surface area contributed by atoms with Crippen molar-refractivity contribution in [3.63, 3.8) is 0 Å². The Kier molecular flexibility index (Phi) is 5.87. The molecule has 6 nitrogen and oxygen atoms in total. The number of hydrogen-bond donors (Lipinski definition) is 0. The van der Waals surface area contributed by atoms with Crippen molar-refractivity contribution in [3.05, 3.63) is 58.6 Å². The van der Waals surface area contributed by atoms with Crippen molar-refractivity contribution in [3.8, 4) is 16.3 Å². The first-order valence-electron chi connectivity index (χ1n) is 9.21. The number of piperidine rings is 1. The highest BCUT2D eigenvalue weighted by Crippen LogP contribution is 2.37. The van der Waals surface area contributed by atoms with E-state index in [4.69, 9.17) is 16.3 Å². The van der Waals surface area contributed by atoms with Crippen molar-refractivity contribution in [2.24, 2.45) is 0 Å². The second-order valence-electron chi connectivity index (χ2n) is 6.78. The van der Waals surface area contributed by atoms with E-state index in [1.165, 1.54) is 4.31 Å². The molecule has 0 N–H and O–H groups in total. The predicted molar refractivity (Wildman–Crippen MR) is 114 cm³/mol. The van der Waals surface area contributed by atoms with Gasteiger partial charge in [-0.15, -0.1) is 10.2 Å². The van der Waals surface area contributed by atoms with Crippen molar-refractivity contribution in [1.29, 1.82) is 0 Å². The first kappa shape index (κ1) is 20.3. The van der Waals surface area contributed by atoms with Crippen molar-refractivity contribution >= 4 is 33.0 Å². The number of nitrogens with zero attached hydrogens (tertiary/aromatic N) is 3. The number of halogens is 1. The first-order valence-corrected chi connectivity index (χ1v) is 11.8. The van der Waals surface area contributed by atoms with Crippen molar-refractivity contribution < 1.29 is 13.2 Å². The standard InChI is InChI=1S/C20H20ClN3O3S2/c1-27-18-5-3-2-4-17(18)20-23-22-19(28-20)14-10-12-24(13-11-14)29(25,26)16-8-6-15(21)7-9-16/h2-9,14H,10-13H2,1H3. The molecular weight excluding hydrogens is 430 g/mol. The van der Waals surface area contributed by atoms with Crippen LogP contribution in [0.4, 0.5) is 0 Å². The van der Waals surface area contributed by atoms with E-state index in [0.717, 1.165) is 21.3 Å². The van der Waals surface area contributed by atoms with E-state index in [2.05, 4.69) is 10.2 Å². The second-order valence-corrected chi connectivity index (χ2v) is 10.2. The molecule has 29 heavy (non-hydrogen) atoms. The van der Waals surface area contributed by atoms with Gasteiger partial charge in [-0.3, -0.25) is 0 Å². The summed E-state index contributed by atoms with van der Waals surface area (Å²) in [6.45, 7) is 0.915. The molecule has 0 unspecified atom stereocenters. The molecule has 1 aliphatic heterocycles. The molecule has 0 atom stereocenters. The lowest BCUT2D eigenvalue weighted by Gasteiger charge is -2.30. The van der Waals surface area contributed by atoms with E-state index in [0.29, 0.717) is 31.0 Å². The fraction of sp³-hybridized carbons (Fsp3) is 0.300. The smallest absolute Gasteiger partial charge is 0.243 e. The third kappa shape index (κ3) is 4.16. The summed E-state index contributed by atoms with van der Waals surface area (Å²) in [7, 11) is -1.87. The molecule has 1 aromatic heterocycles. The molecule has 0 aliphatic carbocycles. The SMILES string of the molecule is COc1ccccc1-c1nnc(C2CCN(S(=O)(=O)c3ccc(Cl)cc3)CC2)s1. The maximum absolute atomic E-state index is 12.8. The van der Waals surface area contributed by atoms with E-state index in [1.807, 2.05) is 24.3 Å². The topological polar surface area (TPSA) is 72.4 Å². The van der Waals surface area contributed by atoms with Crippen molar-refractivity contribution in [1.82, 2.24) is 14.5 Å². The Morgan fingerprint density at radius 1 is 1.07 bits per heavy atom. The minimum absolute atomic E-state index is 0.202. The highest BCUT2D eigenvalue weighted by molar-refractivity contribution is 7.89. The highest BCUT2D eigenvalue weighted by atomic mass is 35.5. The third-order valence-corrected chi connectivity index (χ3v) is 8.32. The Balaban J connectivity index is 1.46. The molecule has 0 spiro atoms. The molecule has 2 heterocycles. The third-order valence-electron chi connectivity index (χ3n) is 5.03. The van der Waals surface area contributed by atoms with Gasteiger partial charge >= 0.3 is 0 Å². The average Bonchev–Trinajstić information content (AvgIpc) is 3.24. The van der Waals surface area contributed by atoms with Crippen LogP contribution in [0, 0.1) is 0 Å². The fourth-order valence-corrected chi connectivity index (χ4v) is 6.07. The maximum atomic E-state index is 12.8. The molecule has 3 aromatic rings. The van der Waals surface area contributed by atoms with Gasteiger partial charge in [0.1, 0.15) is 10.8 Å². The van der Waals surface area contributed by atoms with E-state index < -0.39 is 10.0 Å². The van der Waals surface area contributed by atoms with Gasteiger partial charge in [0, 0.05) is 24.0 Å². The number of aromatic nitrogens is 2. The second kappa shape index (κ2) is 8.39. The largest absolute Gasteiger partial charge is 0.496 e. The van der Waals surface area contributed by atoms with Crippen LogP contribution in [-0.4, -0.2) is 43.1 Å². The lowest BCUT2D eigenvalue weighted by atomic mass is 9.99. The summed E-state index contributed by atoms with van der Waals surface area (Å²) >= 11 is 7.42. The molecule has 1 saturated heterocycles. The number of hydrogen-bond acceptors (Lipinski definition) is 6. The number of rotatable bonds is 5. The molecule has 9 heteroatoms. The molecule has 0 amide bonds. The Hall–Kier alpha value is -2.00. The van der Waals surface area contributed by atoms with Crippen LogP contribution < -0.4 is 4.74 Å². The first-order chi connectivity index (χ1) is 14.0. The van der Waals surface area contributed by atoms with Gasteiger partial charge in [0.2, 0.25) is 10.0 Å². The van der Waals surface area contributed by atoms with Crippen LogP contribution in [0.15, 0.2) is 53.4 Å². The van der Waals surface area contributed by atoms with Gasteiger partial charge in [0.25, 0.3) is 0 Å². The van der Waals surface area contributed by atoms with Gasteiger partial charge < -0.3 is 4.74 Å². The van der Waals surface area contributed by atoms with Crippen LogP contribution in [0.3, 0.4) is 0 Å². The normalized spacial score (nSPS) is 16.1. The number of benzene rings is 2. The zero-order valence-corrected chi connectivity index (χ0v) is 18.2. The van der Waals surface area contributed by atoms with Gasteiger partial charge in [-0.1, -0.05) is 35.1 Å². The quantitative estimate of drug-likeness (QED) is 0.576. The average molecular weight is 450 g/mol. The number of methoxy groups -OCH3 is 1. The van der Waals surface area contributed by atoms with Gasteiger partial charge in [0.15, 0.2) is 5.01 Å². The molecular formula is C20H20ClN3O3S2. The fourth-order valence-electron chi connectivity index (χ4n) is 3.43. The van der Waals surface area contributed by atoms with E-state index in [-0.39, 0.29) is 10.8 Å². The minimum atomic E-state index is -3.51. The number of para-hydroxylation sites is 1. The molecule has 4 rings (SSSR count). The van der Waals surface area contributed by atoms with Crippen molar-refractivity contribution in [2.45, 2.75) is 23.7 Å². The van der Waals surface area contributed by atoms with Crippen LogP contribution in [0.2, 0.25) is 5.02 Å². The van der Waals surface area contributed by atoms with E-state index in [1.54, 1.807) is 42.7 Å². The Morgan fingerprint density at radius 2 is 1.76 bits per heavy atom. The Morgan fingerprint density at radius 3 is 2.45 bits per heavy atom. The van der Waals surface area contributed by atoms with Crippen LogP contribution in [0.1, 0.15) is 23.8 Å². The molecule has 0 radical (unpaired) electrons. The zero-order chi connectivity index (χ0) is 20.4. The summed E-state index contributed by atoms with van der Waals surface area (Å²) in [4.78, 5) is 0.273. The maximum Gasteiger partial charge on any atom is 0.243 e. The summed E-state index contributed by atoms with van der Waals surface area (Å²) in [5, 5.41) is 11.0. The molecule has 152 valence electrons. The van der Waals surface area contributed by atoms with Crippen LogP contribution in [0.25, 0.3) is 10.6 Å². The number of sulfonamides is 1. The molecule has 1 fully saturated rings. The zero-order valence-electron chi connectivity index (χ0n) is 15.8. The number of ether oxygens (including phenoxy) is 1.